The van der Waals surface area contributed by atoms with Crippen LogP contribution in [0.2, 0.25) is 0 Å². The van der Waals surface area contributed by atoms with Crippen LogP contribution in [0.1, 0.15) is 5.56 Å². The van der Waals surface area contributed by atoms with E-state index >= 15 is 0 Å². The molecular formula is C13H18F3N3O2. The van der Waals surface area contributed by atoms with Gasteiger partial charge in [0.2, 0.25) is 0 Å². The van der Waals surface area contributed by atoms with E-state index in [1.165, 1.54) is 7.11 Å². The lowest BCUT2D eigenvalue weighted by molar-refractivity contribution is -0.154. The number of rotatable bonds is 7. The SMILES string of the molecule is COc1ccccc1CCNCC(/C(N)=N/O)C(F)(F)F. The topological polar surface area (TPSA) is 79.9 Å². The Bertz CT molecular complexity index is 478. The van der Waals surface area contributed by atoms with Crippen LogP contribution in [-0.4, -0.2) is 37.4 Å². The molecule has 118 valence electrons. The molecule has 0 aliphatic rings. The van der Waals surface area contributed by atoms with Gasteiger partial charge in [-0.05, 0) is 24.6 Å². The maximum Gasteiger partial charge on any atom is 0.400 e. The van der Waals surface area contributed by atoms with Crippen LogP contribution in [0.15, 0.2) is 29.4 Å². The van der Waals surface area contributed by atoms with Gasteiger partial charge in [0.05, 0.1) is 7.11 Å². The zero-order valence-corrected chi connectivity index (χ0v) is 11.5. The highest BCUT2D eigenvalue weighted by molar-refractivity contribution is 5.83. The zero-order valence-electron chi connectivity index (χ0n) is 11.5. The number of halogens is 3. The van der Waals surface area contributed by atoms with E-state index in [0.717, 1.165) is 5.56 Å². The Balaban J connectivity index is 2.52. The van der Waals surface area contributed by atoms with Gasteiger partial charge in [0, 0.05) is 6.54 Å². The van der Waals surface area contributed by atoms with Crippen LogP contribution >= 0.6 is 0 Å². The number of nitrogens with zero attached hydrogens (tertiary/aromatic N) is 1. The number of alkyl halides is 3. The Hall–Kier alpha value is -1.96. The standard InChI is InChI=1S/C13H18F3N3O2/c1-21-11-5-3-2-4-9(11)6-7-18-8-10(12(17)19-20)13(14,15)16/h2-5,10,18,20H,6-8H2,1H3,(H2,17,19). The third kappa shape index (κ3) is 5.14. The summed E-state index contributed by atoms with van der Waals surface area (Å²) < 4.78 is 43.2. The lowest BCUT2D eigenvalue weighted by Crippen LogP contribution is -2.43. The molecule has 0 aliphatic heterocycles. The first-order chi connectivity index (χ1) is 9.90. The summed E-state index contributed by atoms with van der Waals surface area (Å²) in [7, 11) is 1.53. The van der Waals surface area contributed by atoms with E-state index in [4.69, 9.17) is 15.7 Å². The summed E-state index contributed by atoms with van der Waals surface area (Å²) in [6.07, 6.45) is -4.06. The van der Waals surface area contributed by atoms with Gasteiger partial charge >= 0.3 is 6.18 Å². The van der Waals surface area contributed by atoms with Crippen molar-refractivity contribution >= 4 is 5.84 Å². The lowest BCUT2D eigenvalue weighted by Gasteiger charge is -2.19. The predicted octanol–water partition coefficient (Wildman–Crippen LogP) is 1.75. The summed E-state index contributed by atoms with van der Waals surface area (Å²) in [5.41, 5.74) is 5.95. The second kappa shape index (κ2) is 7.72. The highest BCUT2D eigenvalue weighted by Gasteiger charge is 2.42. The molecule has 0 amide bonds. The van der Waals surface area contributed by atoms with E-state index in [0.29, 0.717) is 18.7 Å². The number of nitrogens with one attached hydrogen (secondary N) is 1. The second-order valence-electron chi connectivity index (χ2n) is 4.39. The molecule has 0 saturated heterocycles. The van der Waals surface area contributed by atoms with Crippen LogP contribution in [0.5, 0.6) is 5.75 Å². The first-order valence-electron chi connectivity index (χ1n) is 6.27. The van der Waals surface area contributed by atoms with Crippen LogP contribution < -0.4 is 15.8 Å². The first kappa shape index (κ1) is 17.1. The minimum absolute atomic E-state index is 0.311. The molecule has 0 aromatic heterocycles. The van der Waals surface area contributed by atoms with Gasteiger partial charge in [-0.25, -0.2) is 0 Å². The third-order valence-electron chi connectivity index (χ3n) is 2.98. The van der Waals surface area contributed by atoms with Crippen molar-refractivity contribution in [3.63, 3.8) is 0 Å². The van der Waals surface area contributed by atoms with Crippen LogP contribution in [0.3, 0.4) is 0 Å². The smallest absolute Gasteiger partial charge is 0.400 e. The molecule has 5 nitrogen and oxygen atoms in total. The molecule has 0 radical (unpaired) electrons. The fourth-order valence-corrected chi connectivity index (χ4v) is 1.84. The third-order valence-corrected chi connectivity index (χ3v) is 2.98. The number of methoxy groups -OCH3 is 1. The molecular weight excluding hydrogens is 287 g/mol. The van der Waals surface area contributed by atoms with Gasteiger partial charge in [-0.15, -0.1) is 0 Å². The van der Waals surface area contributed by atoms with Gasteiger partial charge in [0.15, 0.2) is 5.84 Å². The molecule has 0 spiro atoms. The van der Waals surface area contributed by atoms with Crippen molar-refractivity contribution in [3.8, 4) is 5.75 Å². The highest BCUT2D eigenvalue weighted by Crippen LogP contribution is 2.26. The zero-order chi connectivity index (χ0) is 15.9. The maximum absolute atomic E-state index is 12.7. The van der Waals surface area contributed by atoms with Gasteiger partial charge in [-0.2, -0.15) is 13.2 Å². The number of benzene rings is 1. The van der Waals surface area contributed by atoms with E-state index < -0.39 is 24.5 Å². The van der Waals surface area contributed by atoms with E-state index in [2.05, 4.69) is 10.5 Å². The van der Waals surface area contributed by atoms with Gasteiger partial charge in [0.25, 0.3) is 0 Å². The predicted molar refractivity (Wildman–Crippen MR) is 72.5 cm³/mol. The first-order valence-corrected chi connectivity index (χ1v) is 6.27. The molecule has 1 rings (SSSR count). The minimum Gasteiger partial charge on any atom is -0.496 e. The number of oxime groups is 1. The van der Waals surface area contributed by atoms with Gasteiger partial charge in [0.1, 0.15) is 11.7 Å². The van der Waals surface area contributed by atoms with Crippen molar-refractivity contribution in [3.05, 3.63) is 29.8 Å². The van der Waals surface area contributed by atoms with Crippen LogP contribution in [0.4, 0.5) is 13.2 Å². The quantitative estimate of drug-likeness (QED) is 0.236. The molecule has 1 aromatic rings. The lowest BCUT2D eigenvalue weighted by atomic mass is 10.1. The van der Waals surface area contributed by atoms with Crippen LogP contribution in [0, 0.1) is 5.92 Å². The molecule has 1 atom stereocenters. The van der Waals surface area contributed by atoms with E-state index in [-0.39, 0.29) is 0 Å². The molecule has 0 fully saturated rings. The Labute approximate surface area is 120 Å². The molecule has 8 heteroatoms. The van der Waals surface area contributed by atoms with E-state index in [1.54, 1.807) is 6.07 Å². The molecule has 0 saturated carbocycles. The molecule has 1 aromatic carbocycles. The van der Waals surface area contributed by atoms with Crippen molar-refractivity contribution in [1.82, 2.24) is 5.32 Å². The van der Waals surface area contributed by atoms with Crippen molar-refractivity contribution < 1.29 is 23.1 Å². The number of amidine groups is 1. The van der Waals surface area contributed by atoms with Crippen molar-refractivity contribution in [2.24, 2.45) is 16.8 Å². The number of hydrogen-bond acceptors (Lipinski definition) is 4. The summed E-state index contributed by atoms with van der Waals surface area (Å²) in [6.45, 7) is -0.139. The summed E-state index contributed by atoms with van der Waals surface area (Å²) in [6, 6.07) is 7.26. The molecule has 0 aliphatic carbocycles. The fourth-order valence-electron chi connectivity index (χ4n) is 1.84. The Morgan fingerprint density at radius 1 is 1.43 bits per heavy atom. The normalized spacial score (nSPS) is 14.0. The van der Waals surface area contributed by atoms with Crippen molar-refractivity contribution in [1.29, 1.82) is 0 Å². The van der Waals surface area contributed by atoms with Crippen LogP contribution in [0.25, 0.3) is 0 Å². The highest BCUT2D eigenvalue weighted by atomic mass is 19.4. The Kier molecular flexibility index (Phi) is 6.29. The molecule has 4 N–H and O–H groups in total. The van der Waals surface area contributed by atoms with Crippen LogP contribution in [-0.2, 0) is 6.42 Å². The van der Waals surface area contributed by atoms with Gasteiger partial charge in [-0.1, -0.05) is 23.4 Å². The number of ether oxygens (including phenoxy) is 1. The Morgan fingerprint density at radius 2 is 2.10 bits per heavy atom. The summed E-state index contributed by atoms with van der Waals surface area (Å²) in [4.78, 5) is 0. The fraction of sp³-hybridized carbons (Fsp3) is 0.462. The molecule has 0 bridgehead atoms. The molecule has 0 heterocycles. The average Bonchev–Trinajstić information content (AvgIpc) is 2.45. The minimum atomic E-state index is -4.56. The van der Waals surface area contributed by atoms with E-state index in [1.807, 2.05) is 18.2 Å². The van der Waals surface area contributed by atoms with Gasteiger partial charge in [-0.3, -0.25) is 0 Å². The number of para-hydroxylation sites is 1. The summed E-state index contributed by atoms with van der Waals surface area (Å²) >= 11 is 0. The largest absolute Gasteiger partial charge is 0.496 e. The number of hydrogen-bond donors (Lipinski definition) is 3. The molecule has 1 unspecified atom stereocenters. The second-order valence-corrected chi connectivity index (χ2v) is 4.39. The summed E-state index contributed by atoms with van der Waals surface area (Å²) in [5.74, 6) is -2.18. The number of nitrogens with two attached hydrogens (primary N) is 1. The van der Waals surface area contributed by atoms with Crippen molar-refractivity contribution in [2.45, 2.75) is 12.6 Å². The van der Waals surface area contributed by atoms with E-state index in [9.17, 15) is 13.2 Å². The molecule has 21 heavy (non-hydrogen) atoms. The summed E-state index contributed by atoms with van der Waals surface area (Å²) in [5, 5.41) is 13.5. The maximum atomic E-state index is 12.7. The monoisotopic (exact) mass is 305 g/mol. The average molecular weight is 305 g/mol. The van der Waals surface area contributed by atoms with Gasteiger partial charge < -0.3 is 21.0 Å². The Morgan fingerprint density at radius 3 is 2.67 bits per heavy atom. The van der Waals surface area contributed by atoms with Crippen molar-refractivity contribution in [2.75, 3.05) is 20.2 Å².